The Kier molecular flexibility index (Phi) is 3.54. The van der Waals surface area contributed by atoms with Crippen LogP contribution in [0.1, 0.15) is 11.3 Å². The van der Waals surface area contributed by atoms with Crippen LogP contribution in [0.4, 0.5) is 5.82 Å². The van der Waals surface area contributed by atoms with Crippen molar-refractivity contribution < 1.29 is 14.6 Å². The number of carboxylic acids is 1. The topological polar surface area (TPSA) is 75.5 Å². The van der Waals surface area contributed by atoms with Gasteiger partial charge in [-0.15, -0.1) is 11.3 Å². The Balaban J connectivity index is 2.00. The summed E-state index contributed by atoms with van der Waals surface area (Å²) in [4.78, 5) is 23.8. The minimum atomic E-state index is -0.822. The molecule has 7 heteroatoms. The second kappa shape index (κ2) is 5.34. The van der Waals surface area contributed by atoms with Crippen LogP contribution in [0.2, 0.25) is 0 Å². The molecule has 1 N–H and O–H groups in total. The van der Waals surface area contributed by atoms with Crippen molar-refractivity contribution >= 4 is 33.3 Å². The third-order valence-electron chi connectivity index (χ3n) is 3.34. The van der Waals surface area contributed by atoms with E-state index in [-0.39, 0.29) is 12.5 Å². The van der Waals surface area contributed by atoms with E-state index in [1.807, 2.05) is 11.8 Å². The number of hydrogen-bond acceptors (Lipinski definition) is 6. The molecule has 6 nitrogen and oxygen atoms in total. The molecular formula is C13H15N3O3S. The van der Waals surface area contributed by atoms with Crippen molar-refractivity contribution in [2.24, 2.45) is 0 Å². The van der Waals surface area contributed by atoms with Crippen LogP contribution >= 0.6 is 11.3 Å². The lowest BCUT2D eigenvalue weighted by Gasteiger charge is -2.35. The molecule has 0 amide bonds. The van der Waals surface area contributed by atoms with E-state index in [0.717, 1.165) is 16.0 Å². The molecule has 0 bridgehead atoms. The van der Waals surface area contributed by atoms with Gasteiger partial charge in [0.15, 0.2) is 0 Å². The molecule has 1 aliphatic heterocycles. The predicted molar refractivity (Wildman–Crippen MR) is 76.4 cm³/mol. The number of thiophene rings is 1. The first-order chi connectivity index (χ1) is 9.65. The number of aromatic nitrogens is 2. The fourth-order valence-corrected chi connectivity index (χ4v) is 3.34. The molecule has 0 saturated carbocycles. The Bertz CT molecular complexity index is 643. The van der Waals surface area contributed by atoms with Crippen LogP contribution in [0, 0.1) is 6.92 Å². The highest BCUT2D eigenvalue weighted by Crippen LogP contribution is 2.31. The van der Waals surface area contributed by atoms with Crippen LogP contribution in [-0.4, -0.2) is 46.8 Å². The monoisotopic (exact) mass is 293 g/mol. The Labute approximate surface area is 120 Å². The number of hydrogen-bond donors (Lipinski definition) is 1. The zero-order valence-electron chi connectivity index (χ0n) is 11.1. The molecule has 1 aliphatic rings. The molecule has 1 fully saturated rings. The number of carboxylic acid groups (broad SMARTS) is 1. The van der Waals surface area contributed by atoms with E-state index >= 15 is 0 Å². The Morgan fingerprint density at radius 1 is 1.60 bits per heavy atom. The molecule has 3 rings (SSSR count). The highest BCUT2D eigenvalue weighted by atomic mass is 32.1. The summed E-state index contributed by atoms with van der Waals surface area (Å²) in [6, 6.07) is 1.88. The van der Waals surface area contributed by atoms with E-state index < -0.39 is 5.97 Å². The van der Waals surface area contributed by atoms with Gasteiger partial charge < -0.3 is 14.7 Å². The molecule has 2 aromatic heterocycles. The third-order valence-corrected chi connectivity index (χ3v) is 4.30. The van der Waals surface area contributed by atoms with Crippen molar-refractivity contribution in [3.63, 3.8) is 0 Å². The zero-order valence-corrected chi connectivity index (χ0v) is 11.9. The number of carbonyl (C=O) groups is 1. The molecule has 1 unspecified atom stereocenters. The van der Waals surface area contributed by atoms with Crippen molar-refractivity contribution in [1.29, 1.82) is 0 Å². The summed E-state index contributed by atoms with van der Waals surface area (Å²) in [6.07, 6.45) is 1.59. The average Bonchev–Trinajstić information content (AvgIpc) is 2.79. The van der Waals surface area contributed by atoms with Gasteiger partial charge in [0.2, 0.25) is 0 Å². The number of fused-ring (bicyclic) bond motifs is 1. The maximum Gasteiger partial charge on any atom is 0.305 e. The highest BCUT2D eigenvalue weighted by molar-refractivity contribution is 7.18. The fraction of sp³-hybridized carbons (Fsp3) is 0.462. The molecule has 2 aromatic rings. The van der Waals surface area contributed by atoms with Gasteiger partial charge in [0, 0.05) is 11.4 Å². The van der Waals surface area contributed by atoms with E-state index in [4.69, 9.17) is 9.84 Å². The van der Waals surface area contributed by atoms with Crippen LogP contribution in [0.25, 0.3) is 10.2 Å². The smallest absolute Gasteiger partial charge is 0.305 e. The van der Waals surface area contributed by atoms with Gasteiger partial charge in [-0.05, 0) is 13.0 Å². The SMILES string of the molecule is Cc1cc2c(N3CCOCC3CC(=O)O)ncnc2s1. The number of morpholine rings is 1. The van der Waals surface area contributed by atoms with Crippen molar-refractivity contribution in [2.75, 3.05) is 24.7 Å². The number of rotatable bonds is 3. The van der Waals surface area contributed by atoms with E-state index in [0.29, 0.717) is 19.8 Å². The van der Waals surface area contributed by atoms with Gasteiger partial charge in [-0.2, -0.15) is 0 Å². The molecule has 0 spiro atoms. The third kappa shape index (κ3) is 2.46. The minimum absolute atomic E-state index is 0.0502. The van der Waals surface area contributed by atoms with E-state index in [1.165, 1.54) is 4.88 Å². The van der Waals surface area contributed by atoms with Crippen molar-refractivity contribution in [3.8, 4) is 0 Å². The molecule has 0 radical (unpaired) electrons. The molecule has 20 heavy (non-hydrogen) atoms. The summed E-state index contributed by atoms with van der Waals surface area (Å²) in [5, 5.41) is 10.0. The first kappa shape index (κ1) is 13.3. The van der Waals surface area contributed by atoms with Crippen LogP contribution in [0.3, 0.4) is 0 Å². The largest absolute Gasteiger partial charge is 0.481 e. The number of aliphatic carboxylic acids is 1. The van der Waals surface area contributed by atoms with Crippen molar-refractivity contribution in [3.05, 3.63) is 17.3 Å². The average molecular weight is 293 g/mol. The quantitative estimate of drug-likeness (QED) is 0.928. The Morgan fingerprint density at radius 2 is 2.45 bits per heavy atom. The molecule has 1 saturated heterocycles. The summed E-state index contributed by atoms with van der Waals surface area (Å²) in [7, 11) is 0. The van der Waals surface area contributed by atoms with Crippen LogP contribution < -0.4 is 4.90 Å². The van der Waals surface area contributed by atoms with Crippen molar-refractivity contribution in [1.82, 2.24) is 9.97 Å². The summed E-state index contributed by atoms with van der Waals surface area (Å²) in [6.45, 7) is 3.69. The summed E-state index contributed by atoms with van der Waals surface area (Å²) < 4.78 is 5.41. The number of aryl methyl sites for hydroxylation is 1. The second-order valence-corrected chi connectivity index (χ2v) is 6.03. The minimum Gasteiger partial charge on any atom is -0.481 e. The van der Waals surface area contributed by atoms with Gasteiger partial charge >= 0.3 is 5.97 Å². The number of anilines is 1. The Morgan fingerprint density at radius 3 is 3.25 bits per heavy atom. The molecule has 3 heterocycles. The molecule has 0 aliphatic carbocycles. The van der Waals surface area contributed by atoms with E-state index in [1.54, 1.807) is 17.7 Å². The van der Waals surface area contributed by atoms with Crippen molar-refractivity contribution in [2.45, 2.75) is 19.4 Å². The lowest BCUT2D eigenvalue weighted by molar-refractivity contribution is -0.138. The fourth-order valence-electron chi connectivity index (χ4n) is 2.50. The second-order valence-electron chi connectivity index (χ2n) is 4.79. The van der Waals surface area contributed by atoms with Crippen LogP contribution in [0.5, 0.6) is 0 Å². The van der Waals surface area contributed by atoms with Crippen LogP contribution in [0.15, 0.2) is 12.4 Å². The number of nitrogens with zero attached hydrogens (tertiary/aromatic N) is 3. The summed E-state index contributed by atoms with van der Waals surface area (Å²) in [5.74, 6) is -0.00815. The lowest BCUT2D eigenvalue weighted by Crippen LogP contribution is -2.47. The van der Waals surface area contributed by atoms with Gasteiger partial charge in [0.1, 0.15) is 17.0 Å². The van der Waals surface area contributed by atoms with E-state index in [9.17, 15) is 4.79 Å². The van der Waals surface area contributed by atoms with Gasteiger partial charge in [0.25, 0.3) is 0 Å². The van der Waals surface area contributed by atoms with Crippen LogP contribution in [-0.2, 0) is 9.53 Å². The van der Waals surface area contributed by atoms with E-state index in [2.05, 4.69) is 16.0 Å². The maximum atomic E-state index is 11.0. The zero-order chi connectivity index (χ0) is 14.1. The predicted octanol–water partition coefficient (Wildman–Crippen LogP) is 1.68. The first-order valence-corrected chi connectivity index (χ1v) is 7.24. The van der Waals surface area contributed by atoms with Gasteiger partial charge in [-0.25, -0.2) is 9.97 Å². The maximum absolute atomic E-state index is 11.0. The van der Waals surface area contributed by atoms with Gasteiger partial charge in [-0.3, -0.25) is 4.79 Å². The summed E-state index contributed by atoms with van der Waals surface area (Å²) >= 11 is 1.62. The first-order valence-electron chi connectivity index (χ1n) is 6.42. The van der Waals surface area contributed by atoms with Gasteiger partial charge in [0.05, 0.1) is 31.1 Å². The number of ether oxygens (including phenoxy) is 1. The normalized spacial score (nSPS) is 19.4. The Hall–Kier alpha value is -1.73. The lowest BCUT2D eigenvalue weighted by atomic mass is 10.1. The molecule has 106 valence electrons. The summed E-state index contributed by atoms with van der Waals surface area (Å²) in [5.41, 5.74) is 0. The molecule has 1 atom stereocenters. The highest BCUT2D eigenvalue weighted by Gasteiger charge is 2.28. The standard InChI is InChI=1S/C13H15N3O3S/c1-8-4-10-12(14-7-15-13(10)20-8)16-2-3-19-6-9(16)5-11(17)18/h4,7,9H,2-3,5-6H2,1H3,(H,17,18). The molecule has 0 aromatic carbocycles. The molecular weight excluding hydrogens is 278 g/mol. The van der Waals surface area contributed by atoms with Gasteiger partial charge in [-0.1, -0.05) is 0 Å².